The summed E-state index contributed by atoms with van der Waals surface area (Å²) in [5.74, 6) is -11.7. The molecule has 64 heavy (non-hydrogen) atoms. The van der Waals surface area contributed by atoms with Crippen molar-refractivity contribution in [2.45, 2.75) is 0 Å². The van der Waals surface area contributed by atoms with Crippen molar-refractivity contribution in [3.63, 3.8) is 0 Å². The predicted molar refractivity (Wildman–Crippen MR) is 228 cm³/mol. The third-order valence-corrected chi connectivity index (χ3v) is 10.9. The van der Waals surface area contributed by atoms with Gasteiger partial charge in [-0.15, -0.1) is 0 Å². The van der Waals surface area contributed by atoms with Crippen molar-refractivity contribution in [1.82, 2.24) is 0 Å². The zero-order chi connectivity index (χ0) is 46.0. The highest BCUT2D eigenvalue weighted by Gasteiger charge is 2.25. The Morgan fingerprint density at radius 1 is 0.234 bits per heavy atom. The fourth-order valence-electron chi connectivity index (χ4n) is 8.07. The molecule has 0 aliphatic heterocycles. The van der Waals surface area contributed by atoms with Gasteiger partial charge in [-0.1, -0.05) is 24.3 Å². The number of rotatable bonds is 12. The standard InChI is InChI=1S/C48H26O16/c49-41(50)23-5-19(6-24(13-23)42(51)52)35-17-37(21-9-27(45(57)58)15-28(10-21)46(59)60)33-3-4-34-38(22-11-29(47(61)62)16-30(12-22)48(63)64)18-36(32-2-1-31(35)39(33)40(32)34)20-7-25(43(53)54)14-26(8-20)44(55)56/h1-18H,(H,49,50)(H,51,52)(H,53,54)(H,55,56)(H,57,58)(H,59,60)(H,61,62)(H,63,64). The van der Waals surface area contributed by atoms with Crippen LogP contribution in [0, 0.1) is 0 Å². The van der Waals surface area contributed by atoms with E-state index in [1.165, 1.54) is 60.7 Å². The second-order valence-electron chi connectivity index (χ2n) is 14.7. The van der Waals surface area contributed by atoms with E-state index < -0.39 is 92.3 Å². The maximum Gasteiger partial charge on any atom is 0.335 e. The predicted octanol–water partition coefficient (Wildman–Crippen LogP) is 8.84. The lowest BCUT2D eigenvalue weighted by Gasteiger charge is -2.22. The summed E-state index contributed by atoms with van der Waals surface area (Å²) in [5, 5.41) is 82.3. The Morgan fingerprint density at radius 2 is 0.391 bits per heavy atom. The van der Waals surface area contributed by atoms with E-state index in [2.05, 4.69) is 0 Å². The van der Waals surface area contributed by atoms with Gasteiger partial charge in [-0.25, -0.2) is 38.4 Å². The van der Waals surface area contributed by atoms with Crippen molar-refractivity contribution in [2.24, 2.45) is 0 Å². The van der Waals surface area contributed by atoms with E-state index in [9.17, 15) is 79.2 Å². The molecule has 0 amide bonds. The lowest BCUT2D eigenvalue weighted by atomic mass is 9.81. The maximum atomic E-state index is 12.3. The number of hydrogen-bond acceptors (Lipinski definition) is 8. The van der Waals surface area contributed by atoms with E-state index in [1.807, 2.05) is 0 Å². The SMILES string of the molecule is O=C(O)c1cc(C(=O)O)cc(-c2cc(-c3cc(C(=O)O)cc(C(=O)O)c3)c3ccc4c(-c5cc(C(=O)O)cc(C(=O)O)c5)cc(-c5cc(C(=O)O)cc(C(=O)O)c5)c5ccc2c3c54)c1. The molecule has 0 spiro atoms. The third-order valence-electron chi connectivity index (χ3n) is 10.9. The molecule has 314 valence electrons. The highest BCUT2D eigenvalue weighted by Crippen LogP contribution is 2.49. The first-order valence-electron chi connectivity index (χ1n) is 18.6. The first-order chi connectivity index (χ1) is 30.3. The maximum absolute atomic E-state index is 12.3. The summed E-state index contributed by atoms with van der Waals surface area (Å²) in [5.41, 5.74) is -2.28. The van der Waals surface area contributed by atoms with Crippen molar-refractivity contribution in [1.29, 1.82) is 0 Å². The Kier molecular flexibility index (Phi) is 9.83. The molecular formula is C48H26O16. The van der Waals surface area contributed by atoms with Crippen LogP contribution in [0.4, 0.5) is 0 Å². The number of carboxylic acid groups (broad SMARTS) is 8. The number of hydrogen-bond donors (Lipinski definition) is 8. The van der Waals surface area contributed by atoms with Crippen LogP contribution in [0.25, 0.3) is 76.8 Å². The molecule has 16 nitrogen and oxygen atoms in total. The molecule has 0 aromatic heterocycles. The topological polar surface area (TPSA) is 298 Å². The van der Waals surface area contributed by atoms with E-state index in [0.29, 0.717) is 32.3 Å². The first kappa shape index (κ1) is 41.3. The second kappa shape index (κ2) is 15.2. The Balaban J connectivity index is 1.63. The van der Waals surface area contributed by atoms with Crippen LogP contribution in [0.5, 0.6) is 0 Å². The fourth-order valence-corrected chi connectivity index (χ4v) is 8.07. The Labute approximate surface area is 356 Å². The van der Waals surface area contributed by atoms with Crippen molar-refractivity contribution >= 4 is 80.1 Å². The van der Waals surface area contributed by atoms with Crippen LogP contribution < -0.4 is 0 Å². The van der Waals surface area contributed by atoms with Crippen LogP contribution in [0.1, 0.15) is 82.9 Å². The summed E-state index contributed by atoms with van der Waals surface area (Å²) in [7, 11) is 0. The zero-order valence-corrected chi connectivity index (χ0v) is 32.2. The molecule has 0 atom stereocenters. The minimum atomic E-state index is -1.47. The summed E-state index contributed by atoms with van der Waals surface area (Å²) in [6.07, 6.45) is 0. The second-order valence-corrected chi connectivity index (χ2v) is 14.7. The number of carboxylic acids is 8. The highest BCUT2D eigenvalue weighted by atomic mass is 16.4. The fraction of sp³-hybridized carbons (Fsp3) is 0. The van der Waals surface area contributed by atoms with Gasteiger partial charge in [0.05, 0.1) is 44.5 Å². The Hall–Kier alpha value is -9.44. The van der Waals surface area contributed by atoms with E-state index >= 15 is 0 Å². The average Bonchev–Trinajstić information content (AvgIpc) is 3.26. The van der Waals surface area contributed by atoms with Gasteiger partial charge >= 0.3 is 47.8 Å². The Bertz CT molecular complexity index is 2890. The van der Waals surface area contributed by atoms with E-state index in [4.69, 9.17) is 0 Å². The summed E-state index contributed by atoms with van der Waals surface area (Å²) in [6.45, 7) is 0. The van der Waals surface area contributed by atoms with E-state index in [0.717, 1.165) is 24.3 Å². The van der Waals surface area contributed by atoms with Crippen molar-refractivity contribution in [3.8, 4) is 44.5 Å². The summed E-state index contributed by atoms with van der Waals surface area (Å²) < 4.78 is 0. The molecule has 8 rings (SSSR count). The summed E-state index contributed by atoms with van der Waals surface area (Å²) in [6, 6.07) is 23.0. The van der Waals surface area contributed by atoms with Crippen LogP contribution in [-0.2, 0) is 0 Å². The molecule has 0 aliphatic rings. The van der Waals surface area contributed by atoms with Crippen LogP contribution in [-0.4, -0.2) is 88.6 Å². The zero-order valence-electron chi connectivity index (χ0n) is 32.2. The molecule has 0 bridgehead atoms. The van der Waals surface area contributed by atoms with Crippen LogP contribution >= 0.6 is 0 Å². The molecule has 0 saturated carbocycles. The normalized spacial score (nSPS) is 11.2. The number of aromatic carboxylic acids is 8. The monoisotopic (exact) mass is 858 g/mol. The molecule has 8 N–H and O–H groups in total. The molecule has 0 saturated heterocycles. The molecule has 0 heterocycles. The molecular weight excluding hydrogens is 833 g/mol. The summed E-state index contributed by atoms with van der Waals surface area (Å²) >= 11 is 0. The van der Waals surface area contributed by atoms with Gasteiger partial charge in [-0.05, 0) is 162 Å². The van der Waals surface area contributed by atoms with Gasteiger partial charge < -0.3 is 40.9 Å². The minimum Gasteiger partial charge on any atom is -0.478 e. The molecule has 16 heteroatoms. The molecule has 0 unspecified atom stereocenters. The summed E-state index contributed by atoms with van der Waals surface area (Å²) in [4.78, 5) is 98.8. The van der Waals surface area contributed by atoms with Gasteiger partial charge in [0.1, 0.15) is 0 Å². The third kappa shape index (κ3) is 7.07. The lowest BCUT2D eigenvalue weighted by molar-refractivity contribution is 0.0676. The van der Waals surface area contributed by atoms with Gasteiger partial charge in [0.15, 0.2) is 0 Å². The van der Waals surface area contributed by atoms with Gasteiger partial charge in [0.2, 0.25) is 0 Å². The van der Waals surface area contributed by atoms with Crippen molar-refractivity contribution in [3.05, 3.63) is 154 Å². The first-order valence-corrected chi connectivity index (χ1v) is 18.6. The van der Waals surface area contributed by atoms with Crippen molar-refractivity contribution < 1.29 is 79.2 Å². The lowest BCUT2D eigenvalue weighted by Crippen LogP contribution is -2.05. The molecule has 0 aliphatic carbocycles. The van der Waals surface area contributed by atoms with Crippen LogP contribution in [0.15, 0.2) is 109 Å². The Morgan fingerprint density at radius 3 is 0.531 bits per heavy atom. The highest BCUT2D eigenvalue weighted by molar-refractivity contribution is 6.32. The number of carbonyl (C=O) groups is 8. The molecule has 8 aromatic rings. The van der Waals surface area contributed by atoms with E-state index in [-0.39, 0.29) is 44.5 Å². The van der Waals surface area contributed by atoms with Gasteiger partial charge in [-0.3, -0.25) is 0 Å². The quantitative estimate of drug-likeness (QED) is 0.0532. The smallest absolute Gasteiger partial charge is 0.335 e. The van der Waals surface area contributed by atoms with Gasteiger partial charge in [-0.2, -0.15) is 0 Å². The van der Waals surface area contributed by atoms with Gasteiger partial charge in [0, 0.05) is 0 Å². The molecule has 8 aromatic carbocycles. The van der Waals surface area contributed by atoms with Crippen LogP contribution in [0.2, 0.25) is 0 Å². The number of benzene rings is 8. The van der Waals surface area contributed by atoms with Crippen LogP contribution in [0.3, 0.4) is 0 Å². The van der Waals surface area contributed by atoms with Crippen molar-refractivity contribution in [2.75, 3.05) is 0 Å². The molecule has 0 radical (unpaired) electrons. The van der Waals surface area contributed by atoms with Gasteiger partial charge in [0.25, 0.3) is 0 Å². The van der Waals surface area contributed by atoms with E-state index in [1.54, 1.807) is 24.3 Å². The average molecular weight is 859 g/mol. The largest absolute Gasteiger partial charge is 0.478 e. The molecule has 0 fully saturated rings. The minimum absolute atomic E-state index is 0.0605.